The van der Waals surface area contributed by atoms with Crippen LogP contribution < -0.4 is 0 Å². The second-order valence-electron chi connectivity index (χ2n) is 2.90. The summed E-state index contributed by atoms with van der Waals surface area (Å²) < 4.78 is 0. The molecule has 0 atom stereocenters. The molecule has 1 rings (SSSR count). The number of rotatable bonds is 3. The highest BCUT2D eigenvalue weighted by Gasteiger charge is 2.11. The molecule has 0 fully saturated rings. The maximum Gasteiger partial charge on any atom is 0.335 e. The van der Waals surface area contributed by atoms with Crippen LogP contribution >= 0.6 is 0 Å². The lowest BCUT2D eigenvalue weighted by Crippen LogP contribution is -1.96. The number of hydrogen-bond acceptors (Lipinski definition) is 4. The minimum absolute atomic E-state index is 0.146. The van der Waals surface area contributed by atoms with Crippen LogP contribution in [-0.4, -0.2) is 32.4 Å². The average Bonchev–Trinajstić information content (AvgIpc) is 2.15. The van der Waals surface area contributed by atoms with E-state index in [0.29, 0.717) is 0 Å². The van der Waals surface area contributed by atoms with Crippen molar-refractivity contribution in [1.82, 2.24) is 0 Å². The highest BCUT2D eigenvalue weighted by molar-refractivity contribution is 5.91. The molecule has 6 nitrogen and oxygen atoms in total. The Hall–Kier alpha value is -2.50. The lowest BCUT2D eigenvalue weighted by molar-refractivity contribution is -0.131. The molecule has 0 spiro atoms. The lowest BCUT2D eigenvalue weighted by Gasteiger charge is -2.04. The number of aromatic hydroxyl groups is 2. The third-order valence-electron chi connectivity index (χ3n) is 1.78. The fourth-order valence-electron chi connectivity index (χ4n) is 1.07. The number of carbonyl (C=O) groups is 2. The molecule has 1 aromatic rings. The molecular weight excluding hydrogens is 216 g/mol. The summed E-state index contributed by atoms with van der Waals surface area (Å²) in [4.78, 5) is 20.8. The first kappa shape index (κ1) is 11.6. The molecule has 0 saturated carbocycles. The van der Waals surface area contributed by atoms with Crippen molar-refractivity contribution < 1.29 is 30.0 Å². The maximum absolute atomic E-state index is 10.5. The second kappa shape index (κ2) is 4.35. The van der Waals surface area contributed by atoms with E-state index >= 15 is 0 Å². The van der Waals surface area contributed by atoms with E-state index in [2.05, 4.69) is 0 Å². The van der Waals surface area contributed by atoms with Crippen molar-refractivity contribution in [2.45, 2.75) is 0 Å². The molecule has 1 aromatic carbocycles. The molecule has 16 heavy (non-hydrogen) atoms. The van der Waals surface area contributed by atoms with Gasteiger partial charge in [0, 0.05) is 6.08 Å². The summed E-state index contributed by atoms with van der Waals surface area (Å²) in [5.74, 6) is -3.56. The van der Waals surface area contributed by atoms with Crippen LogP contribution in [0.4, 0.5) is 0 Å². The van der Waals surface area contributed by atoms with Crippen LogP contribution in [0.15, 0.2) is 18.2 Å². The third kappa shape index (κ3) is 2.50. The van der Waals surface area contributed by atoms with Gasteiger partial charge >= 0.3 is 11.9 Å². The number of hydrogen-bond donors (Lipinski definition) is 4. The van der Waals surface area contributed by atoms with Crippen LogP contribution in [-0.2, 0) is 4.79 Å². The van der Waals surface area contributed by atoms with Gasteiger partial charge in [-0.25, -0.2) is 9.59 Å². The van der Waals surface area contributed by atoms with E-state index in [1.807, 2.05) is 0 Å². The Morgan fingerprint density at radius 1 is 1.06 bits per heavy atom. The van der Waals surface area contributed by atoms with Gasteiger partial charge in [0.15, 0.2) is 0 Å². The molecule has 0 amide bonds. The molecule has 0 aliphatic carbocycles. The van der Waals surface area contributed by atoms with Crippen molar-refractivity contribution in [3.8, 4) is 11.5 Å². The van der Waals surface area contributed by atoms with E-state index in [1.165, 1.54) is 0 Å². The Morgan fingerprint density at radius 3 is 1.94 bits per heavy atom. The number of carboxylic acids is 2. The zero-order valence-electron chi connectivity index (χ0n) is 7.91. The SMILES string of the molecule is O=C(O)C=Cc1c(O)cc(C(=O)O)cc1O. The van der Waals surface area contributed by atoms with E-state index in [0.717, 1.165) is 24.3 Å². The fourth-order valence-corrected chi connectivity index (χ4v) is 1.07. The number of carboxylic acid groups (broad SMARTS) is 2. The fraction of sp³-hybridized carbons (Fsp3) is 0. The van der Waals surface area contributed by atoms with Gasteiger partial charge in [0.2, 0.25) is 0 Å². The highest BCUT2D eigenvalue weighted by atomic mass is 16.4. The number of phenols is 2. The Morgan fingerprint density at radius 2 is 1.56 bits per heavy atom. The van der Waals surface area contributed by atoms with Crippen LogP contribution in [0.25, 0.3) is 6.08 Å². The molecule has 0 heterocycles. The first-order valence-electron chi connectivity index (χ1n) is 4.12. The van der Waals surface area contributed by atoms with Crippen molar-refractivity contribution in [2.24, 2.45) is 0 Å². The molecule has 0 aromatic heterocycles. The zero-order chi connectivity index (χ0) is 12.3. The molecule has 0 bridgehead atoms. The van der Waals surface area contributed by atoms with Gasteiger partial charge in [-0.3, -0.25) is 0 Å². The van der Waals surface area contributed by atoms with Gasteiger partial charge in [0.25, 0.3) is 0 Å². The van der Waals surface area contributed by atoms with Gasteiger partial charge in [0.1, 0.15) is 11.5 Å². The van der Waals surface area contributed by atoms with Gasteiger partial charge in [-0.05, 0) is 18.2 Å². The number of phenolic OH excluding ortho intramolecular Hbond substituents is 2. The Balaban J connectivity index is 3.22. The lowest BCUT2D eigenvalue weighted by atomic mass is 10.1. The van der Waals surface area contributed by atoms with Gasteiger partial charge in [-0.2, -0.15) is 0 Å². The van der Waals surface area contributed by atoms with Crippen molar-refractivity contribution in [1.29, 1.82) is 0 Å². The molecule has 84 valence electrons. The third-order valence-corrected chi connectivity index (χ3v) is 1.78. The molecular formula is C10H8O6. The average molecular weight is 224 g/mol. The van der Waals surface area contributed by atoms with Crippen LogP contribution in [0.1, 0.15) is 15.9 Å². The van der Waals surface area contributed by atoms with Crippen molar-refractivity contribution in [3.05, 3.63) is 29.3 Å². The van der Waals surface area contributed by atoms with Gasteiger partial charge < -0.3 is 20.4 Å². The largest absolute Gasteiger partial charge is 0.507 e. The zero-order valence-corrected chi connectivity index (χ0v) is 7.91. The van der Waals surface area contributed by atoms with E-state index in [9.17, 15) is 19.8 Å². The first-order valence-corrected chi connectivity index (χ1v) is 4.12. The Bertz CT molecular complexity index is 451. The minimum Gasteiger partial charge on any atom is -0.507 e. The van der Waals surface area contributed by atoms with E-state index in [1.54, 1.807) is 0 Å². The van der Waals surface area contributed by atoms with Crippen LogP contribution in [0.2, 0.25) is 0 Å². The van der Waals surface area contributed by atoms with E-state index < -0.39 is 23.4 Å². The van der Waals surface area contributed by atoms with Crippen LogP contribution in [0.5, 0.6) is 11.5 Å². The summed E-state index contributed by atoms with van der Waals surface area (Å²) in [6, 6.07) is 1.84. The second-order valence-corrected chi connectivity index (χ2v) is 2.90. The standard InChI is InChI=1S/C10H8O6/c11-7-3-5(10(15)16)4-8(12)6(7)1-2-9(13)14/h1-4,11-12H,(H,13,14)(H,15,16). The van der Waals surface area contributed by atoms with Gasteiger partial charge in [-0.1, -0.05) is 0 Å². The molecule has 0 aliphatic rings. The van der Waals surface area contributed by atoms with Crippen molar-refractivity contribution in [2.75, 3.05) is 0 Å². The minimum atomic E-state index is -1.31. The Kier molecular flexibility index (Phi) is 3.14. The van der Waals surface area contributed by atoms with Crippen LogP contribution in [0.3, 0.4) is 0 Å². The molecule has 4 N–H and O–H groups in total. The number of aromatic carboxylic acids is 1. The summed E-state index contributed by atoms with van der Waals surface area (Å²) in [5.41, 5.74) is -0.435. The van der Waals surface area contributed by atoms with E-state index in [-0.39, 0.29) is 11.1 Å². The molecule has 6 heteroatoms. The normalized spacial score (nSPS) is 10.5. The van der Waals surface area contributed by atoms with Crippen molar-refractivity contribution >= 4 is 18.0 Å². The summed E-state index contributed by atoms with van der Waals surface area (Å²) in [6.07, 6.45) is 1.69. The summed E-state index contributed by atoms with van der Waals surface area (Å²) in [6.45, 7) is 0. The molecule has 0 unspecified atom stereocenters. The summed E-state index contributed by atoms with van der Waals surface area (Å²) >= 11 is 0. The highest BCUT2D eigenvalue weighted by Crippen LogP contribution is 2.30. The smallest absolute Gasteiger partial charge is 0.335 e. The van der Waals surface area contributed by atoms with E-state index in [4.69, 9.17) is 10.2 Å². The molecule has 0 aliphatic heterocycles. The predicted molar refractivity (Wildman–Crippen MR) is 53.4 cm³/mol. The summed E-state index contributed by atoms with van der Waals surface area (Å²) in [5, 5.41) is 35.7. The topological polar surface area (TPSA) is 115 Å². The first-order chi connectivity index (χ1) is 7.41. The number of aliphatic carboxylic acids is 1. The van der Waals surface area contributed by atoms with Gasteiger partial charge in [-0.15, -0.1) is 0 Å². The predicted octanol–water partition coefficient (Wildman–Crippen LogP) is 0.894. The maximum atomic E-state index is 10.5. The summed E-state index contributed by atoms with van der Waals surface area (Å²) in [7, 11) is 0. The van der Waals surface area contributed by atoms with Crippen molar-refractivity contribution in [3.63, 3.8) is 0 Å². The monoisotopic (exact) mass is 224 g/mol. The number of benzene rings is 1. The van der Waals surface area contributed by atoms with Gasteiger partial charge in [0.05, 0.1) is 11.1 Å². The van der Waals surface area contributed by atoms with Crippen LogP contribution in [0, 0.1) is 0 Å². The molecule has 0 radical (unpaired) electrons. The molecule has 0 saturated heterocycles. The Labute approximate surface area is 89.7 Å². The quantitative estimate of drug-likeness (QED) is 0.567.